The van der Waals surface area contributed by atoms with E-state index in [1.807, 2.05) is 0 Å². The summed E-state index contributed by atoms with van der Waals surface area (Å²) in [4.78, 5) is 0. The highest BCUT2D eigenvalue weighted by Crippen LogP contribution is 2.27. The van der Waals surface area contributed by atoms with Crippen LogP contribution in [0, 0.1) is 5.92 Å². The fraction of sp³-hybridized carbons (Fsp3) is 1.00. The molecule has 0 spiro atoms. The van der Waals surface area contributed by atoms with Crippen molar-refractivity contribution in [3.8, 4) is 0 Å². The number of piperidine rings is 1. The van der Waals surface area contributed by atoms with Crippen LogP contribution in [0.1, 0.15) is 44.9 Å². The van der Waals surface area contributed by atoms with Gasteiger partial charge in [-0.15, -0.1) is 0 Å². The second-order valence-electron chi connectivity index (χ2n) is 5.88. The minimum atomic E-state index is -3.40. The number of hydrogen-bond acceptors (Lipinski definition) is 3. The largest absolute Gasteiger partial charge is 0.395 e. The monoisotopic (exact) mass is 290 g/mol. The summed E-state index contributed by atoms with van der Waals surface area (Å²) in [6.45, 7) is 1.09. The Morgan fingerprint density at radius 2 is 1.79 bits per heavy atom. The van der Waals surface area contributed by atoms with Crippen LogP contribution in [0.25, 0.3) is 0 Å². The SMILES string of the molecule is CN(CC1CCCC1)S(=O)(=O)N1CCCCC1CO. The van der Waals surface area contributed by atoms with Crippen LogP contribution in [0.3, 0.4) is 0 Å². The third-order valence-electron chi connectivity index (χ3n) is 4.46. The van der Waals surface area contributed by atoms with Crippen LogP contribution in [0.4, 0.5) is 0 Å². The van der Waals surface area contributed by atoms with Gasteiger partial charge in [0.15, 0.2) is 0 Å². The van der Waals surface area contributed by atoms with E-state index >= 15 is 0 Å². The molecule has 1 saturated heterocycles. The first-order valence-electron chi connectivity index (χ1n) is 7.39. The predicted molar refractivity (Wildman–Crippen MR) is 74.9 cm³/mol. The molecule has 6 heteroatoms. The van der Waals surface area contributed by atoms with Crippen molar-refractivity contribution in [2.24, 2.45) is 5.92 Å². The van der Waals surface area contributed by atoms with E-state index in [9.17, 15) is 13.5 Å². The summed E-state index contributed by atoms with van der Waals surface area (Å²) >= 11 is 0. The molecule has 1 saturated carbocycles. The smallest absolute Gasteiger partial charge is 0.282 e. The first-order chi connectivity index (χ1) is 9.05. The van der Waals surface area contributed by atoms with Gasteiger partial charge in [0.05, 0.1) is 6.61 Å². The van der Waals surface area contributed by atoms with Gasteiger partial charge in [0.25, 0.3) is 10.2 Å². The standard InChI is InChI=1S/C13H26N2O3S/c1-14(10-12-6-2-3-7-12)19(17,18)15-9-5-4-8-13(15)11-16/h12-13,16H,2-11H2,1H3. The van der Waals surface area contributed by atoms with Crippen molar-refractivity contribution in [1.29, 1.82) is 0 Å². The molecule has 1 N–H and O–H groups in total. The maximum atomic E-state index is 12.6. The summed E-state index contributed by atoms with van der Waals surface area (Å²) in [5.41, 5.74) is 0. The topological polar surface area (TPSA) is 60.9 Å². The zero-order chi connectivity index (χ0) is 13.9. The van der Waals surface area contributed by atoms with E-state index in [0.29, 0.717) is 19.0 Å². The molecule has 0 aromatic rings. The second-order valence-corrected chi connectivity index (χ2v) is 7.87. The Labute approximate surface area is 116 Å². The van der Waals surface area contributed by atoms with Crippen molar-refractivity contribution in [3.05, 3.63) is 0 Å². The Bertz CT molecular complexity index is 379. The molecule has 2 rings (SSSR count). The van der Waals surface area contributed by atoms with Crippen LogP contribution in [-0.2, 0) is 10.2 Å². The fourth-order valence-electron chi connectivity index (χ4n) is 3.29. The van der Waals surface area contributed by atoms with Crippen LogP contribution in [0.2, 0.25) is 0 Å². The normalized spacial score (nSPS) is 27.2. The van der Waals surface area contributed by atoms with Crippen molar-refractivity contribution < 1.29 is 13.5 Å². The molecule has 0 aromatic heterocycles. The summed E-state index contributed by atoms with van der Waals surface area (Å²) < 4.78 is 28.2. The number of aliphatic hydroxyl groups is 1. The average Bonchev–Trinajstić information content (AvgIpc) is 2.91. The van der Waals surface area contributed by atoms with Gasteiger partial charge >= 0.3 is 0 Å². The molecule has 1 unspecified atom stereocenters. The van der Waals surface area contributed by atoms with E-state index in [4.69, 9.17) is 0 Å². The molecule has 1 atom stereocenters. The molecular formula is C13H26N2O3S. The maximum absolute atomic E-state index is 12.6. The van der Waals surface area contributed by atoms with Crippen LogP contribution in [-0.4, -0.2) is 54.9 Å². The number of aliphatic hydroxyl groups excluding tert-OH is 1. The quantitative estimate of drug-likeness (QED) is 0.827. The lowest BCUT2D eigenvalue weighted by Crippen LogP contribution is -2.51. The number of hydrogen-bond donors (Lipinski definition) is 1. The summed E-state index contributed by atoms with van der Waals surface area (Å²) in [5, 5.41) is 9.37. The molecule has 0 amide bonds. The predicted octanol–water partition coefficient (Wildman–Crippen LogP) is 1.20. The number of nitrogens with zero attached hydrogens (tertiary/aromatic N) is 2. The van der Waals surface area contributed by atoms with E-state index in [2.05, 4.69) is 0 Å². The molecular weight excluding hydrogens is 264 g/mol. The molecule has 0 aromatic carbocycles. The van der Waals surface area contributed by atoms with Crippen LogP contribution in [0.5, 0.6) is 0 Å². The lowest BCUT2D eigenvalue weighted by molar-refractivity contribution is 0.148. The summed E-state index contributed by atoms with van der Waals surface area (Å²) in [6, 6.07) is -0.232. The highest BCUT2D eigenvalue weighted by Gasteiger charge is 2.35. The van der Waals surface area contributed by atoms with Crippen molar-refractivity contribution in [3.63, 3.8) is 0 Å². The first-order valence-corrected chi connectivity index (χ1v) is 8.79. The van der Waals surface area contributed by atoms with Gasteiger partial charge in [-0.05, 0) is 31.6 Å². The van der Waals surface area contributed by atoms with E-state index < -0.39 is 10.2 Å². The molecule has 1 heterocycles. The minimum Gasteiger partial charge on any atom is -0.395 e. The van der Waals surface area contributed by atoms with Crippen LogP contribution in [0.15, 0.2) is 0 Å². The first kappa shape index (κ1) is 15.2. The number of rotatable bonds is 5. The van der Waals surface area contributed by atoms with Crippen molar-refractivity contribution >= 4 is 10.2 Å². The second kappa shape index (κ2) is 6.52. The van der Waals surface area contributed by atoms with E-state index in [1.165, 1.54) is 21.5 Å². The Morgan fingerprint density at radius 1 is 1.16 bits per heavy atom. The van der Waals surface area contributed by atoms with Gasteiger partial charge in [0, 0.05) is 26.2 Å². The molecule has 112 valence electrons. The fourth-order valence-corrected chi connectivity index (χ4v) is 4.96. The van der Waals surface area contributed by atoms with Crippen molar-refractivity contribution in [1.82, 2.24) is 8.61 Å². The van der Waals surface area contributed by atoms with Gasteiger partial charge < -0.3 is 5.11 Å². The van der Waals surface area contributed by atoms with Crippen LogP contribution >= 0.6 is 0 Å². The van der Waals surface area contributed by atoms with E-state index in [-0.39, 0.29) is 12.6 Å². The Kier molecular flexibility index (Phi) is 5.22. The average molecular weight is 290 g/mol. The Balaban J connectivity index is 2.02. The maximum Gasteiger partial charge on any atom is 0.282 e. The third kappa shape index (κ3) is 3.48. The van der Waals surface area contributed by atoms with Crippen molar-refractivity contribution in [2.45, 2.75) is 51.0 Å². The highest BCUT2D eigenvalue weighted by molar-refractivity contribution is 7.86. The molecule has 1 aliphatic heterocycles. The Morgan fingerprint density at radius 3 is 2.42 bits per heavy atom. The Hall–Kier alpha value is -0.170. The molecule has 2 aliphatic rings. The van der Waals surface area contributed by atoms with Gasteiger partial charge in [0.2, 0.25) is 0 Å². The summed E-state index contributed by atoms with van der Waals surface area (Å²) in [5.74, 6) is 0.511. The van der Waals surface area contributed by atoms with Gasteiger partial charge in [0.1, 0.15) is 0 Å². The van der Waals surface area contributed by atoms with Gasteiger partial charge in [-0.25, -0.2) is 0 Å². The van der Waals surface area contributed by atoms with Gasteiger partial charge in [-0.3, -0.25) is 0 Å². The minimum absolute atomic E-state index is 0.0729. The lowest BCUT2D eigenvalue weighted by atomic mass is 10.1. The molecule has 5 nitrogen and oxygen atoms in total. The zero-order valence-electron chi connectivity index (χ0n) is 11.8. The third-order valence-corrected chi connectivity index (χ3v) is 6.47. The molecule has 19 heavy (non-hydrogen) atoms. The summed E-state index contributed by atoms with van der Waals surface area (Å²) in [7, 11) is -1.73. The molecule has 0 radical (unpaired) electrons. The molecule has 1 aliphatic carbocycles. The van der Waals surface area contributed by atoms with Gasteiger partial charge in [-0.2, -0.15) is 17.0 Å². The van der Waals surface area contributed by atoms with E-state index in [0.717, 1.165) is 32.1 Å². The zero-order valence-corrected chi connectivity index (χ0v) is 12.6. The van der Waals surface area contributed by atoms with Crippen molar-refractivity contribution in [2.75, 3.05) is 26.7 Å². The van der Waals surface area contributed by atoms with E-state index in [1.54, 1.807) is 7.05 Å². The molecule has 2 fully saturated rings. The molecule has 0 bridgehead atoms. The highest BCUT2D eigenvalue weighted by atomic mass is 32.2. The van der Waals surface area contributed by atoms with Crippen LogP contribution < -0.4 is 0 Å². The summed E-state index contributed by atoms with van der Waals surface area (Å²) in [6.07, 6.45) is 7.40. The lowest BCUT2D eigenvalue weighted by Gasteiger charge is -2.36. The van der Waals surface area contributed by atoms with Gasteiger partial charge in [-0.1, -0.05) is 19.3 Å².